The van der Waals surface area contributed by atoms with Crippen molar-refractivity contribution in [3.05, 3.63) is 59.2 Å². The number of nitrogens with zero attached hydrogens (tertiary/aromatic N) is 6. The largest absolute Gasteiger partial charge is 0.261 e. The molecule has 0 aliphatic heterocycles. The van der Waals surface area contributed by atoms with Gasteiger partial charge in [-0.2, -0.15) is 9.61 Å². The monoisotopic (exact) mass is 312 g/mol. The fraction of sp³-hybridized carbons (Fsp3) is 0.0714. The van der Waals surface area contributed by atoms with Crippen LogP contribution in [0.25, 0.3) is 16.5 Å². The molecule has 0 spiro atoms. The average molecular weight is 312 g/mol. The van der Waals surface area contributed by atoms with Gasteiger partial charge in [0.2, 0.25) is 10.8 Å². The maximum atomic E-state index is 12.9. The van der Waals surface area contributed by atoms with E-state index in [1.165, 1.54) is 23.5 Å². The van der Waals surface area contributed by atoms with Gasteiger partial charge in [-0.15, -0.1) is 10.2 Å². The highest BCUT2D eigenvalue weighted by molar-refractivity contribution is 7.16. The molecular formula is C14H9FN6S. The first-order chi connectivity index (χ1) is 10.8. The van der Waals surface area contributed by atoms with E-state index in [1.54, 1.807) is 35.2 Å². The lowest BCUT2D eigenvalue weighted by atomic mass is 10.2. The van der Waals surface area contributed by atoms with Gasteiger partial charge >= 0.3 is 0 Å². The van der Waals surface area contributed by atoms with Crippen LogP contribution in [0.1, 0.15) is 10.6 Å². The van der Waals surface area contributed by atoms with E-state index in [9.17, 15) is 4.39 Å². The van der Waals surface area contributed by atoms with Crippen molar-refractivity contribution in [2.45, 2.75) is 6.42 Å². The maximum absolute atomic E-state index is 12.9. The Morgan fingerprint density at radius 3 is 2.73 bits per heavy atom. The van der Waals surface area contributed by atoms with E-state index in [4.69, 9.17) is 0 Å². The van der Waals surface area contributed by atoms with Gasteiger partial charge < -0.3 is 0 Å². The molecule has 22 heavy (non-hydrogen) atoms. The highest BCUT2D eigenvalue weighted by Gasteiger charge is 2.14. The molecule has 4 rings (SSSR count). The van der Waals surface area contributed by atoms with E-state index in [0.29, 0.717) is 22.9 Å². The van der Waals surface area contributed by atoms with Crippen LogP contribution in [-0.2, 0) is 6.42 Å². The molecule has 0 saturated heterocycles. The zero-order chi connectivity index (χ0) is 14.9. The Morgan fingerprint density at radius 2 is 1.95 bits per heavy atom. The van der Waals surface area contributed by atoms with Gasteiger partial charge in [0.1, 0.15) is 16.5 Å². The van der Waals surface area contributed by atoms with Crippen molar-refractivity contribution in [3.8, 4) is 11.5 Å². The van der Waals surface area contributed by atoms with Crippen LogP contribution in [0.5, 0.6) is 0 Å². The topological polar surface area (TPSA) is 68.9 Å². The van der Waals surface area contributed by atoms with Crippen molar-refractivity contribution < 1.29 is 4.39 Å². The van der Waals surface area contributed by atoms with Gasteiger partial charge in [-0.1, -0.05) is 23.5 Å². The fourth-order valence-corrected chi connectivity index (χ4v) is 2.95. The summed E-state index contributed by atoms with van der Waals surface area (Å²) in [6.45, 7) is 0. The van der Waals surface area contributed by atoms with Gasteiger partial charge in [0.05, 0.1) is 6.20 Å². The molecule has 0 saturated carbocycles. The van der Waals surface area contributed by atoms with Gasteiger partial charge in [0, 0.05) is 18.8 Å². The van der Waals surface area contributed by atoms with Crippen LogP contribution >= 0.6 is 11.3 Å². The summed E-state index contributed by atoms with van der Waals surface area (Å²) in [4.78, 5) is 8.93. The van der Waals surface area contributed by atoms with E-state index in [0.717, 1.165) is 10.6 Å². The van der Waals surface area contributed by atoms with E-state index < -0.39 is 0 Å². The van der Waals surface area contributed by atoms with Crippen molar-refractivity contribution >= 4 is 16.3 Å². The Hall–Kier alpha value is -2.74. The fourth-order valence-electron chi connectivity index (χ4n) is 2.08. The molecule has 4 aromatic rings. The minimum absolute atomic E-state index is 0.244. The van der Waals surface area contributed by atoms with Crippen LogP contribution in [0.3, 0.4) is 0 Å². The van der Waals surface area contributed by atoms with Gasteiger partial charge in [0.15, 0.2) is 0 Å². The third-order valence-electron chi connectivity index (χ3n) is 3.09. The van der Waals surface area contributed by atoms with Crippen LogP contribution in [0, 0.1) is 5.82 Å². The zero-order valence-electron chi connectivity index (χ0n) is 11.2. The third kappa shape index (κ3) is 2.33. The molecule has 0 aliphatic rings. The van der Waals surface area contributed by atoms with Gasteiger partial charge in [-0.25, -0.2) is 9.37 Å². The number of halogens is 1. The maximum Gasteiger partial charge on any atom is 0.235 e. The minimum atomic E-state index is -0.244. The van der Waals surface area contributed by atoms with Gasteiger partial charge in [-0.05, 0) is 17.7 Å². The second-order valence-electron chi connectivity index (χ2n) is 4.61. The molecule has 0 amide bonds. The highest BCUT2D eigenvalue weighted by atomic mass is 32.1. The first-order valence-corrected chi connectivity index (χ1v) is 7.33. The summed E-state index contributed by atoms with van der Waals surface area (Å²) in [6.07, 6.45) is 5.44. The predicted molar refractivity (Wildman–Crippen MR) is 78.9 cm³/mol. The molecular weight excluding hydrogens is 303 g/mol. The molecule has 1 aromatic carbocycles. The molecule has 0 N–H and O–H groups in total. The number of benzene rings is 1. The number of hydrogen-bond donors (Lipinski definition) is 0. The SMILES string of the molecule is Fc1ccc(Cc2nn3c(-c4cnccn4)nnc3s2)cc1. The summed E-state index contributed by atoms with van der Waals surface area (Å²) in [6, 6.07) is 6.39. The molecule has 6 nitrogen and oxygen atoms in total. The number of hydrogen-bond acceptors (Lipinski definition) is 6. The van der Waals surface area contributed by atoms with Crippen molar-refractivity contribution in [3.63, 3.8) is 0 Å². The summed E-state index contributed by atoms with van der Waals surface area (Å²) in [5.41, 5.74) is 1.61. The van der Waals surface area contributed by atoms with E-state index in [1.807, 2.05) is 0 Å². The third-order valence-corrected chi connectivity index (χ3v) is 3.99. The summed E-state index contributed by atoms with van der Waals surface area (Å²) in [5.74, 6) is 0.316. The Kier molecular flexibility index (Phi) is 3.08. The summed E-state index contributed by atoms with van der Waals surface area (Å²) in [5, 5.41) is 13.6. The van der Waals surface area contributed by atoms with Crippen molar-refractivity contribution in [2.75, 3.05) is 0 Å². The van der Waals surface area contributed by atoms with Crippen molar-refractivity contribution in [1.82, 2.24) is 29.8 Å². The summed E-state index contributed by atoms with van der Waals surface area (Å²) < 4.78 is 14.6. The van der Waals surface area contributed by atoms with Crippen molar-refractivity contribution in [2.24, 2.45) is 0 Å². The Balaban J connectivity index is 1.70. The van der Waals surface area contributed by atoms with E-state index in [-0.39, 0.29) is 5.82 Å². The molecule has 0 radical (unpaired) electrons. The van der Waals surface area contributed by atoms with Gasteiger partial charge in [-0.3, -0.25) is 4.98 Å². The number of rotatable bonds is 3. The van der Waals surface area contributed by atoms with E-state index >= 15 is 0 Å². The quantitative estimate of drug-likeness (QED) is 0.581. The van der Waals surface area contributed by atoms with Crippen LogP contribution < -0.4 is 0 Å². The van der Waals surface area contributed by atoms with Crippen LogP contribution in [0.2, 0.25) is 0 Å². The second kappa shape index (κ2) is 5.23. The first-order valence-electron chi connectivity index (χ1n) is 6.51. The molecule has 0 aliphatic carbocycles. The lowest BCUT2D eigenvalue weighted by Gasteiger charge is -1.97. The molecule has 3 heterocycles. The Bertz CT molecular complexity index is 916. The molecule has 0 bridgehead atoms. The predicted octanol–water partition coefficient (Wildman–Crippen LogP) is 2.37. The second-order valence-corrected chi connectivity index (χ2v) is 5.65. The lowest BCUT2D eigenvalue weighted by molar-refractivity contribution is 0.627. The van der Waals surface area contributed by atoms with Crippen LogP contribution in [-0.4, -0.2) is 29.8 Å². The molecule has 0 unspecified atom stereocenters. The summed E-state index contributed by atoms with van der Waals surface area (Å²) >= 11 is 1.45. The molecule has 0 fully saturated rings. The summed E-state index contributed by atoms with van der Waals surface area (Å²) in [7, 11) is 0. The highest BCUT2D eigenvalue weighted by Crippen LogP contribution is 2.21. The van der Waals surface area contributed by atoms with E-state index in [2.05, 4.69) is 25.3 Å². The molecule has 3 aromatic heterocycles. The zero-order valence-corrected chi connectivity index (χ0v) is 12.0. The smallest absolute Gasteiger partial charge is 0.235 e. The molecule has 8 heteroatoms. The Morgan fingerprint density at radius 1 is 1.09 bits per heavy atom. The molecule has 0 atom stereocenters. The number of aromatic nitrogens is 6. The Labute approximate surface area is 128 Å². The first kappa shape index (κ1) is 13.0. The van der Waals surface area contributed by atoms with Crippen molar-refractivity contribution in [1.29, 1.82) is 0 Å². The normalized spacial score (nSPS) is 11.1. The van der Waals surface area contributed by atoms with Gasteiger partial charge in [0.25, 0.3) is 0 Å². The van der Waals surface area contributed by atoms with Crippen LogP contribution in [0.15, 0.2) is 42.9 Å². The molecule has 108 valence electrons. The average Bonchev–Trinajstić information content (AvgIpc) is 3.10. The standard InChI is InChI=1S/C14H9FN6S/c15-10-3-1-9(2-4-10)7-12-20-21-13(18-19-14(21)22-12)11-8-16-5-6-17-11/h1-6,8H,7H2. The number of fused-ring (bicyclic) bond motifs is 1. The lowest BCUT2D eigenvalue weighted by Crippen LogP contribution is -1.95. The minimum Gasteiger partial charge on any atom is -0.261 e. The van der Waals surface area contributed by atoms with Crippen LogP contribution in [0.4, 0.5) is 4.39 Å².